The Hall–Kier alpha value is -2.09. The molecule has 8 nitrogen and oxygen atoms in total. The minimum Gasteiger partial charge on any atom is -0.294 e. The molecule has 8 heteroatoms. The summed E-state index contributed by atoms with van der Waals surface area (Å²) in [6.07, 6.45) is 0. The Morgan fingerprint density at radius 3 is 2.33 bits per heavy atom. The molecule has 0 bridgehead atoms. The highest BCUT2D eigenvalue weighted by atomic mass is 16.2. The molecule has 3 N–H and O–H groups in total. The SMILES string of the molecule is CC(C)n1c(NN)nc2c(=O)n(C)c(=O)n(C)c21. The summed E-state index contributed by atoms with van der Waals surface area (Å²) >= 11 is 0. The molecule has 2 aromatic heterocycles. The molecule has 2 rings (SSSR count). The van der Waals surface area contributed by atoms with E-state index in [1.807, 2.05) is 13.8 Å². The molecular weight excluding hydrogens is 236 g/mol. The molecule has 0 aromatic carbocycles. The van der Waals surface area contributed by atoms with Crippen LogP contribution in [0.2, 0.25) is 0 Å². The van der Waals surface area contributed by atoms with Gasteiger partial charge < -0.3 is 0 Å². The molecule has 0 aliphatic heterocycles. The van der Waals surface area contributed by atoms with Crippen molar-refractivity contribution >= 4 is 17.1 Å². The van der Waals surface area contributed by atoms with Crippen molar-refractivity contribution in [3.8, 4) is 0 Å². The first-order valence-electron chi connectivity index (χ1n) is 5.54. The molecule has 0 atom stereocenters. The van der Waals surface area contributed by atoms with Gasteiger partial charge in [0.05, 0.1) is 0 Å². The zero-order valence-electron chi connectivity index (χ0n) is 10.8. The number of aryl methyl sites for hydroxylation is 1. The van der Waals surface area contributed by atoms with E-state index in [1.165, 1.54) is 11.6 Å². The lowest BCUT2D eigenvalue weighted by Crippen LogP contribution is -2.37. The third-order valence-electron chi connectivity index (χ3n) is 2.93. The number of hydrogen-bond donors (Lipinski definition) is 2. The van der Waals surface area contributed by atoms with Crippen LogP contribution in [0, 0.1) is 0 Å². The van der Waals surface area contributed by atoms with Crippen molar-refractivity contribution in [2.24, 2.45) is 19.9 Å². The number of nitrogen functional groups attached to an aromatic ring is 1. The molecule has 2 heterocycles. The molecule has 0 saturated heterocycles. The quantitative estimate of drug-likeness (QED) is 0.544. The third-order valence-corrected chi connectivity index (χ3v) is 2.93. The van der Waals surface area contributed by atoms with E-state index in [0.717, 1.165) is 4.57 Å². The van der Waals surface area contributed by atoms with Gasteiger partial charge in [-0.05, 0) is 13.8 Å². The Morgan fingerprint density at radius 1 is 1.22 bits per heavy atom. The summed E-state index contributed by atoms with van der Waals surface area (Å²) in [5.74, 6) is 5.76. The van der Waals surface area contributed by atoms with Crippen LogP contribution in [0.5, 0.6) is 0 Å². The van der Waals surface area contributed by atoms with Gasteiger partial charge in [0.25, 0.3) is 5.56 Å². The fourth-order valence-corrected chi connectivity index (χ4v) is 2.04. The number of rotatable bonds is 2. The lowest BCUT2D eigenvalue weighted by molar-refractivity contribution is 0.599. The summed E-state index contributed by atoms with van der Waals surface area (Å²) in [5.41, 5.74) is 2.32. The van der Waals surface area contributed by atoms with E-state index in [1.54, 1.807) is 11.6 Å². The van der Waals surface area contributed by atoms with Gasteiger partial charge in [-0.2, -0.15) is 0 Å². The van der Waals surface area contributed by atoms with Crippen LogP contribution < -0.4 is 22.5 Å². The number of nitrogens with zero attached hydrogens (tertiary/aromatic N) is 4. The molecule has 0 aliphatic rings. The van der Waals surface area contributed by atoms with Crippen molar-refractivity contribution in [1.29, 1.82) is 0 Å². The van der Waals surface area contributed by atoms with Crippen LogP contribution in [-0.4, -0.2) is 18.7 Å². The van der Waals surface area contributed by atoms with Gasteiger partial charge in [0.1, 0.15) is 0 Å². The summed E-state index contributed by atoms with van der Waals surface area (Å²) in [5, 5.41) is 0. The Morgan fingerprint density at radius 2 is 1.83 bits per heavy atom. The number of hydrazine groups is 1. The maximum atomic E-state index is 12.0. The fourth-order valence-electron chi connectivity index (χ4n) is 2.04. The summed E-state index contributed by atoms with van der Waals surface area (Å²) in [4.78, 5) is 28.1. The van der Waals surface area contributed by atoms with Crippen molar-refractivity contribution in [2.45, 2.75) is 19.9 Å². The van der Waals surface area contributed by atoms with E-state index in [4.69, 9.17) is 5.84 Å². The molecule has 2 aromatic rings. The largest absolute Gasteiger partial charge is 0.332 e. The Bertz CT molecular complexity index is 721. The van der Waals surface area contributed by atoms with Gasteiger partial charge in [0.2, 0.25) is 5.95 Å². The molecule has 98 valence electrons. The maximum Gasteiger partial charge on any atom is 0.332 e. The number of imidazole rings is 1. The van der Waals surface area contributed by atoms with Crippen molar-refractivity contribution in [2.75, 3.05) is 5.43 Å². The predicted molar refractivity (Wildman–Crippen MR) is 68.4 cm³/mol. The molecule has 0 amide bonds. The van der Waals surface area contributed by atoms with E-state index in [0.29, 0.717) is 11.6 Å². The standard InChI is InChI=1S/C10H16N6O2/c1-5(2)16-7-6(12-9(16)13-11)8(17)15(4)10(18)14(7)3/h5H,11H2,1-4H3,(H,12,13). The van der Waals surface area contributed by atoms with E-state index in [9.17, 15) is 9.59 Å². The van der Waals surface area contributed by atoms with Crippen LogP contribution >= 0.6 is 0 Å². The topological polar surface area (TPSA) is 99.9 Å². The van der Waals surface area contributed by atoms with Crippen molar-refractivity contribution in [1.82, 2.24) is 18.7 Å². The number of aromatic nitrogens is 4. The van der Waals surface area contributed by atoms with Gasteiger partial charge in [0, 0.05) is 20.1 Å². The third kappa shape index (κ3) is 1.46. The highest BCUT2D eigenvalue weighted by Gasteiger charge is 2.19. The van der Waals surface area contributed by atoms with E-state index >= 15 is 0 Å². The van der Waals surface area contributed by atoms with E-state index in [-0.39, 0.29) is 11.6 Å². The van der Waals surface area contributed by atoms with E-state index in [2.05, 4.69) is 10.4 Å². The molecule has 0 saturated carbocycles. The van der Waals surface area contributed by atoms with Crippen LogP contribution in [0.25, 0.3) is 11.2 Å². The van der Waals surface area contributed by atoms with Crippen LogP contribution in [0.3, 0.4) is 0 Å². The van der Waals surface area contributed by atoms with Gasteiger partial charge in [0.15, 0.2) is 11.2 Å². The molecule has 0 unspecified atom stereocenters. The van der Waals surface area contributed by atoms with Crippen LogP contribution in [0.4, 0.5) is 5.95 Å². The minimum atomic E-state index is -0.427. The van der Waals surface area contributed by atoms with Gasteiger partial charge in [-0.15, -0.1) is 0 Å². The zero-order chi connectivity index (χ0) is 13.6. The lowest BCUT2D eigenvalue weighted by atomic mass is 10.4. The van der Waals surface area contributed by atoms with E-state index < -0.39 is 11.2 Å². The maximum absolute atomic E-state index is 12.0. The Kier molecular flexibility index (Phi) is 2.74. The average molecular weight is 252 g/mol. The molecule has 0 radical (unpaired) electrons. The number of hydrogen-bond acceptors (Lipinski definition) is 5. The number of nitrogens with two attached hydrogens (primary N) is 1. The summed E-state index contributed by atoms with van der Waals surface area (Å²) in [6.45, 7) is 3.84. The number of fused-ring (bicyclic) bond motifs is 1. The average Bonchev–Trinajstić information content (AvgIpc) is 2.73. The predicted octanol–water partition coefficient (Wildman–Crippen LogP) is -0.700. The van der Waals surface area contributed by atoms with Crippen LogP contribution in [0.15, 0.2) is 9.59 Å². The summed E-state index contributed by atoms with van der Waals surface area (Å²) in [6, 6.07) is 0.0127. The zero-order valence-corrected chi connectivity index (χ0v) is 10.8. The molecule has 0 fully saturated rings. The first-order chi connectivity index (χ1) is 8.40. The molecule has 0 aliphatic carbocycles. The molecule has 0 spiro atoms. The van der Waals surface area contributed by atoms with Crippen molar-refractivity contribution in [3.63, 3.8) is 0 Å². The highest BCUT2D eigenvalue weighted by molar-refractivity contribution is 5.74. The lowest BCUT2D eigenvalue weighted by Gasteiger charge is -2.13. The summed E-state index contributed by atoms with van der Waals surface area (Å²) < 4.78 is 4.14. The number of nitrogens with one attached hydrogen (secondary N) is 1. The van der Waals surface area contributed by atoms with Crippen molar-refractivity contribution < 1.29 is 0 Å². The Balaban J connectivity index is 3.10. The van der Waals surface area contributed by atoms with Crippen LogP contribution in [-0.2, 0) is 14.1 Å². The minimum absolute atomic E-state index is 0.0127. The second-order valence-corrected chi connectivity index (χ2v) is 4.42. The number of anilines is 1. The van der Waals surface area contributed by atoms with Gasteiger partial charge >= 0.3 is 5.69 Å². The van der Waals surface area contributed by atoms with Gasteiger partial charge in [-0.25, -0.2) is 15.6 Å². The molecule has 18 heavy (non-hydrogen) atoms. The van der Waals surface area contributed by atoms with Gasteiger partial charge in [-0.1, -0.05) is 0 Å². The monoisotopic (exact) mass is 252 g/mol. The molecular formula is C10H16N6O2. The smallest absolute Gasteiger partial charge is 0.294 e. The fraction of sp³-hybridized carbons (Fsp3) is 0.500. The van der Waals surface area contributed by atoms with Crippen molar-refractivity contribution in [3.05, 3.63) is 20.8 Å². The van der Waals surface area contributed by atoms with Gasteiger partial charge in [-0.3, -0.25) is 23.9 Å². The second kappa shape index (κ2) is 3.98. The first kappa shape index (κ1) is 12.4. The van der Waals surface area contributed by atoms with Crippen LogP contribution in [0.1, 0.15) is 19.9 Å². The normalized spacial score (nSPS) is 11.4. The highest BCUT2D eigenvalue weighted by Crippen LogP contribution is 2.20. The summed E-state index contributed by atoms with van der Waals surface area (Å²) in [7, 11) is 3.03. The Labute approximate surface area is 103 Å². The second-order valence-electron chi connectivity index (χ2n) is 4.42. The first-order valence-corrected chi connectivity index (χ1v) is 5.54.